The van der Waals surface area contributed by atoms with E-state index >= 15 is 4.39 Å². The average Bonchev–Trinajstić information content (AvgIpc) is 3.58. The maximum absolute atomic E-state index is 15.7. The maximum atomic E-state index is 15.7. The van der Waals surface area contributed by atoms with E-state index in [4.69, 9.17) is 9.47 Å². The number of fused-ring (bicyclic) bond motifs is 1. The van der Waals surface area contributed by atoms with Gasteiger partial charge in [-0.25, -0.2) is 14.0 Å². The molecule has 1 unspecified atom stereocenters. The van der Waals surface area contributed by atoms with Crippen LogP contribution in [-0.2, 0) is 4.74 Å². The van der Waals surface area contributed by atoms with Gasteiger partial charge in [0.15, 0.2) is 11.6 Å². The first kappa shape index (κ1) is 25.8. The zero-order valence-corrected chi connectivity index (χ0v) is 21.6. The van der Waals surface area contributed by atoms with Crippen molar-refractivity contribution in [3.63, 3.8) is 0 Å². The van der Waals surface area contributed by atoms with Crippen LogP contribution in [0.15, 0.2) is 17.1 Å². The quantitative estimate of drug-likeness (QED) is 0.626. The van der Waals surface area contributed by atoms with E-state index in [-0.39, 0.29) is 28.9 Å². The predicted octanol–water partition coefficient (Wildman–Crippen LogP) is 4.31. The summed E-state index contributed by atoms with van der Waals surface area (Å²) in [7, 11) is 1.42. The maximum Gasteiger partial charge on any atom is 0.407 e. The minimum atomic E-state index is -1.35. The number of ether oxygens (including phenoxy) is 2. The zero-order valence-electron chi connectivity index (χ0n) is 21.6. The highest BCUT2D eigenvalue weighted by atomic mass is 19.1. The molecule has 0 bridgehead atoms. The zero-order chi connectivity index (χ0) is 26.6. The Labute approximate surface area is 209 Å². The number of hydrogen-bond donors (Lipinski definition) is 2. The van der Waals surface area contributed by atoms with Crippen LogP contribution in [0.1, 0.15) is 70.3 Å². The van der Waals surface area contributed by atoms with Crippen molar-refractivity contribution >= 4 is 28.7 Å². The van der Waals surface area contributed by atoms with Gasteiger partial charge in [0.05, 0.1) is 18.0 Å². The van der Waals surface area contributed by atoms with Crippen molar-refractivity contribution in [3.8, 4) is 5.75 Å². The first-order valence-corrected chi connectivity index (χ1v) is 12.2. The molecule has 4 rings (SSSR count). The second-order valence-electron chi connectivity index (χ2n) is 11.3. The third-order valence-electron chi connectivity index (χ3n) is 6.81. The van der Waals surface area contributed by atoms with Gasteiger partial charge in [-0.1, -0.05) is 13.8 Å². The van der Waals surface area contributed by atoms with E-state index < -0.39 is 39.9 Å². The number of carboxylic acid groups (broad SMARTS) is 1. The normalized spacial score (nSPS) is 19.8. The molecule has 1 atom stereocenters. The number of carbonyl (C=O) groups excluding carboxylic acids is 1. The molecule has 1 saturated heterocycles. The van der Waals surface area contributed by atoms with Crippen molar-refractivity contribution in [2.45, 2.75) is 71.6 Å². The Morgan fingerprint density at radius 1 is 1.22 bits per heavy atom. The molecule has 10 heteroatoms. The smallest absolute Gasteiger partial charge is 0.407 e. The third kappa shape index (κ3) is 4.85. The van der Waals surface area contributed by atoms with Gasteiger partial charge < -0.3 is 29.4 Å². The van der Waals surface area contributed by atoms with Crippen LogP contribution in [-0.4, -0.2) is 53.6 Å². The lowest BCUT2D eigenvalue weighted by molar-refractivity contribution is 0.0442. The molecule has 2 fully saturated rings. The summed E-state index contributed by atoms with van der Waals surface area (Å²) < 4.78 is 28.5. The fourth-order valence-electron chi connectivity index (χ4n) is 4.99. The number of nitrogens with zero attached hydrogens (tertiary/aromatic N) is 2. The molecule has 1 aliphatic carbocycles. The van der Waals surface area contributed by atoms with Crippen LogP contribution < -0.4 is 20.4 Å². The van der Waals surface area contributed by atoms with Gasteiger partial charge in [0.1, 0.15) is 16.9 Å². The molecule has 0 radical (unpaired) electrons. The van der Waals surface area contributed by atoms with Crippen LogP contribution in [0, 0.1) is 11.2 Å². The van der Waals surface area contributed by atoms with Gasteiger partial charge >= 0.3 is 12.1 Å². The number of halogens is 1. The Morgan fingerprint density at radius 2 is 1.89 bits per heavy atom. The van der Waals surface area contributed by atoms with Gasteiger partial charge in [-0.15, -0.1) is 0 Å². The number of pyridine rings is 1. The van der Waals surface area contributed by atoms with Crippen molar-refractivity contribution in [2.75, 3.05) is 25.1 Å². The van der Waals surface area contributed by atoms with Crippen LogP contribution in [0.3, 0.4) is 0 Å². The summed E-state index contributed by atoms with van der Waals surface area (Å²) in [6, 6.07) is 0.957. The Kier molecular flexibility index (Phi) is 6.43. The topological polar surface area (TPSA) is 110 Å². The molecule has 0 spiro atoms. The Bertz CT molecular complexity index is 1280. The summed E-state index contributed by atoms with van der Waals surface area (Å²) in [6.45, 7) is 10.2. The highest BCUT2D eigenvalue weighted by molar-refractivity contribution is 5.97. The molecule has 196 valence electrons. The molecule has 1 aliphatic heterocycles. The number of carbonyl (C=O) groups is 2. The Hall–Kier alpha value is -3.30. The third-order valence-corrected chi connectivity index (χ3v) is 6.81. The van der Waals surface area contributed by atoms with E-state index in [0.29, 0.717) is 25.0 Å². The van der Waals surface area contributed by atoms with Crippen molar-refractivity contribution in [1.82, 2.24) is 9.88 Å². The van der Waals surface area contributed by atoms with Crippen LogP contribution >= 0.6 is 0 Å². The highest BCUT2D eigenvalue weighted by Gasteiger charge is 2.40. The average molecular weight is 504 g/mol. The summed E-state index contributed by atoms with van der Waals surface area (Å²) in [5.41, 5.74) is -1.56. The SMILES string of the molecule is COc1c(N2CCC(NC(=O)OC(C)(C)C)C(C)(C)C2)c(F)cc2c(=O)c(C(=O)O)cn(C3CC3)c12. The summed E-state index contributed by atoms with van der Waals surface area (Å²) >= 11 is 0. The fraction of sp³-hybridized carbons (Fsp3) is 0.577. The van der Waals surface area contributed by atoms with Crippen LogP contribution in [0.25, 0.3) is 10.9 Å². The van der Waals surface area contributed by atoms with E-state index in [1.807, 2.05) is 18.7 Å². The van der Waals surface area contributed by atoms with E-state index in [0.717, 1.165) is 18.9 Å². The Morgan fingerprint density at radius 3 is 2.42 bits per heavy atom. The van der Waals surface area contributed by atoms with E-state index in [1.54, 1.807) is 25.3 Å². The summed E-state index contributed by atoms with van der Waals surface area (Å²) in [6.07, 6.45) is 3.06. The van der Waals surface area contributed by atoms with Gasteiger partial charge in [-0.3, -0.25) is 4.79 Å². The van der Waals surface area contributed by atoms with Crippen molar-refractivity contribution in [2.24, 2.45) is 5.41 Å². The molecule has 1 aromatic carbocycles. The molecule has 9 nitrogen and oxygen atoms in total. The number of hydrogen-bond acceptors (Lipinski definition) is 6. The van der Waals surface area contributed by atoms with Crippen LogP contribution in [0.2, 0.25) is 0 Å². The molecule has 1 saturated carbocycles. The standard InChI is InChI=1S/C26H34FN3O6/c1-25(2,3)36-24(34)28-18-9-10-29(13-26(18,4)5)20-17(27)11-15-19(22(20)35-6)30(14-7-8-14)12-16(21(15)31)23(32)33/h11-12,14,18H,7-10,13H2,1-6H3,(H,28,34)(H,32,33). The number of benzene rings is 1. The molecule has 2 aliphatic rings. The molecular weight excluding hydrogens is 469 g/mol. The lowest BCUT2D eigenvalue weighted by Crippen LogP contribution is -2.56. The number of alkyl carbamates (subject to hydrolysis) is 1. The number of anilines is 1. The van der Waals surface area contributed by atoms with Crippen molar-refractivity contribution in [3.05, 3.63) is 33.9 Å². The van der Waals surface area contributed by atoms with Crippen LogP contribution in [0.5, 0.6) is 5.75 Å². The summed E-state index contributed by atoms with van der Waals surface area (Å²) in [4.78, 5) is 38.9. The van der Waals surface area contributed by atoms with E-state index in [2.05, 4.69) is 5.32 Å². The minimum absolute atomic E-state index is 0.0133. The highest BCUT2D eigenvalue weighted by Crippen LogP contribution is 2.45. The number of carboxylic acids is 1. The van der Waals surface area contributed by atoms with Gasteiger partial charge in [0.2, 0.25) is 5.43 Å². The predicted molar refractivity (Wildman–Crippen MR) is 134 cm³/mol. The monoisotopic (exact) mass is 503 g/mol. The second-order valence-corrected chi connectivity index (χ2v) is 11.3. The number of rotatable bonds is 5. The van der Waals surface area contributed by atoms with Gasteiger partial charge in [-0.05, 0) is 46.1 Å². The molecule has 2 heterocycles. The number of nitrogens with one attached hydrogen (secondary N) is 1. The number of aromatic nitrogens is 1. The van der Waals surface area contributed by atoms with Gasteiger partial charge in [0.25, 0.3) is 0 Å². The first-order chi connectivity index (χ1) is 16.7. The molecule has 2 aromatic rings. The molecule has 1 amide bonds. The number of amides is 1. The Balaban J connectivity index is 1.74. The number of aromatic carboxylic acids is 1. The second kappa shape index (κ2) is 8.97. The van der Waals surface area contributed by atoms with Crippen LogP contribution in [0.4, 0.5) is 14.9 Å². The molecule has 2 N–H and O–H groups in total. The number of methoxy groups -OCH3 is 1. The summed E-state index contributed by atoms with van der Waals surface area (Å²) in [5, 5.41) is 12.5. The minimum Gasteiger partial charge on any atom is -0.492 e. The lowest BCUT2D eigenvalue weighted by atomic mass is 9.79. The van der Waals surface area contributed by atoms with E-state index in [1.165, 1.54) is 13.3 Å². The lowest BCUT2D eigenvalue weighted by Gasteiger charge is -2.45. The van der Waals surface area contributed by atoms with Crippen molar-refractivity contribution in [1.29, 1.82) is 0 Å². The molecule has 36 heavy (non-hydrogen) atoms. The van der Waals surface area contributed by atoms with Crippen molar-refractivity contribution < 1.29 is 28.6 Å². The van der Waals surface area contributed by atoms with Gasteiger partial charge in [-0.2, -0.15) is 0 Å². The first-order valence-electron chi connectivity index (χ1n) is 12.2. The fourth-order valence-corrected chi connectivity index (χ4v) is 4.99. The number of piperidine rings is 1. The molecule has 1 aromatic heterocycles. The largest absolute Gasteiger partial charge is 0.492 e. The van der Waals surface area contributed by atoms with E-state index in [9.17, 15) is 19.5 Å². The molecular formula is C26H34FN3O6. The summed E-state index contributed by atoms with van der Waals surface area (Å²) in [5.74, 6) is -1.79. The van der Waals surface area contributed by atoms with Gasteiger partial charge in [0, 0.05) is 36.8 Å².